The van der Waals surface area contributed by atoms with E-state index in [1.54, 1.807) is 31.2 Å². The van der Waals surface area contributed by atoms with Gasteiger partial charge in [-0.1, -0.05) is 19.4 Å². The molecular formula is C12H16N4O3S. The van der Waals surface area contributed by atoms with Crippen LogP contribution in [-0.2, 0) is 10.1 Å². The molecule has 2 aromatic rings. The Morgan fingerprint density at radius 1 is 1.40 bits per heavy atom. The van der Waals surface area contributed by atoms with Gasteiger partial charge in [-0.3, -0.25) is 0 Å². The first kappa shape index (κ1) is 14.4. The van der Waals surface area contributed by atoms with Crippen molar-refractivity contribution in [3.05, 3.63) is 30.6 Å². The van der Waals surface area contributed by atoms with E-state index in [2.05, 4.69) is 15.5 Å². The summed E-state index contributed by atoms with van der Waals surface area (Å²) < 4.78 is 30.6. The van der Waals surface area contributed by atoms with Gasteiger partial charge in [0, 0.05) is 6.07 Å². The molecule has 0 aliphatic carbocycles. The van der Waals surface area contributed by atoms with E-state index in [4.69, 9.17) is 4.18 Å². The molecule has 1 atom stereocenters. The molecule has 1 unspecified atom stereocenters. The molecule has 1 aromatic heterocycles. The van der Waals surface area contributed by atoms with Crippen molar-refractivity contribution in [2.45, 2.75) is 31.9 Å². The summed E-state index contributed by atoms with van der Waals surface area (Å²) in [5, 5.41) is 10.3. The lowest BCUT2D eigenvalue weighted by Gasteiger charge is -2.13. The molecule has 0 aliphatic heterocycles. The molecule has 1 aromatic carbocycles. The van der Waals surface area contributed by atoms with Gasteiger partial charge in [-0.15, -0.1) is 5.10 Å². The van der Waals surface area contributed by atoms with Gasteiger partial charge in [-0.2, -0.15) is 8.42 Å². The predicted molar refractivity (Wildman–Crippen MR) is 73.1 cm³/mol. The van der Waals surface area contributed by atoms with Gasteiger partial charge < -0.3 is 4.18 Å². The Balaban J connectivity index is 2.20. The van der Waals surface area contributed by atoms with Crippen LogP contribution in [0.15, 0.2) is 30.6 Å². The van der Waals surface area contributed by atoms with Crippen LogP contribution in [0.2, 0.25) is 0 Å². The fraction of sp³-hybridized carbons (Fsp3) is 0.417. The summed E-state index contributed by atoms with van der Waals surface area (Å²) in [6.45, 7) is 3.58. The van der Waals surface area contributed by atoms with Crippen molar-refractivity contribution in [1.29, 1.82) is 0 Å². The summed E-state index contributed by atoms with van der Waals surface area (Å²) in [6, 6.07) is 6.61. The van der Waals surface area contributed by atoms with Crippen LogP contribution >= 0.6 is 0 Å². The molecule has 20 heavy (non-hydrogen) atoms. The third-order valence-corrected chi connectivity index (χ3v) is 4.48. The van der Waals surface area contributed by atoms with E-state index in [-0.39, 0.29) is 5.75 Å². The molecule has 0 N–H and O–H groups in total. The average Bonchev–Trinajstić information content (AvgIpc) is 2.92. The van der Waals surface area contributed by atoms with Crippen LogP contribution < -0.4 is 4.18 Å². The molecule has 0 saturated carbocycles. The number of aromatic nitrogens is 4. The summed E-state index contributed by atoms with van der Waals surface area (Å²) >= 11 is 0. The first-order valence-electron chi connectivity index (χ1n) is 6.29. The fourth-order valence-corrected chi connectivity index (χ4v) is 2.79. The number of hydrogen-bond acceptors (Lipinski definition) is 6. The first-order chi connectivity index (χ1) is 9.53. The zero-order chi connectivity index (χ0) is 14.6. The van der Waals surface area contributed by atoms with Gasteiger partial charge >= 0.3 is 10.1 Å². The van der Waals surface area contributed by atoms with E-state index < -0.39 is 15.4 Å². The predicted octanol–water partition coefficient (Wildman–Crippen LogP) is 1.56. The highest BCUT2D eigenvalue weighted by Crippen LogP contribution is 2.20. The highest BCUT2D eigenvalue weighted by atomic mass is 32.2. The lowest BCUT2D eigenvalue weighted by molar-refractivity contribution is 0.469. The second-order valence-corrected chi connectivity index (χ2v) is 6.38. The summed E-state index contributed by atoms with van der Waals surface area (Å²) in [5.41, 5.74) is 0.630. The van der Waals surface area contributed by atoms with Crippen molar-refractivity contribution in [2.75, 3.05) is 0 Å². The van der Waals surface area contributed by atoms with Crippen molar-refractivity contribution < 1.29 is 12.6 Å². The Labute approximate surface area is 117 Å². The molecule has 0 fully saturated rings. The normalized spacial score (nSPS) is 13.1. The number of nitrogens with zero attached hydrogens (tertiary/aromatic N) is 4. The van der Waals surface area contributed by atoms with Crippen molar-refractivity contribution in [3.63, 3.8) is 0 Å². The minimum Gasteiger partial charge on any atom is -0.382 e. The van der Waals surface area contributed by atoms with Gasteiger partial charge in [0.05, 0.1) is 10.9 Å². The molecule has 0 amide bonds. The lowest BCUT2D eigenvalue weighted by atomic mass is 10.3. The largest absolute Gasteiger partial charge is 0.382 e. The SMILES string of the molecule is CCCC(C)S(=O)(=O)Oc1cccc(-n2cnnn2)c1. The molecule has 0 radical (unpaired) electrons. The van der Waals surface area contributed by atoms with Gasteiger partial charge in [0.2, 0.25) is 0 Å². The number of hydrogen-bond donors (Lipinski definition) is 0. The Kier molecular flexibility index (Phi) is 4.33. The fourth-order valence-electron chi connectivity index (χ4n) is 1.72. The highest BCUT2D eigenvalue weighted by Gasteiger charge is 2.22. The Morgan fingerprint density at radius 2 is 2.20 bits per heavy atom. The number of tetrazole rings is 1. The van der Waals surface area contributed by atoms with E-state index in [1.165, 1.54) is 11.0 Å². The lowest BCUT2D eigenvalue weighted by Crippen LogP contribution is -2.23. The Morgan fingerprint density at radius 3 is 2.85 bits per heavy atom. The summed E-state index contributed by atoms with van der Waals surface area (Å²) in [7, 11) is -3.62. The van der Waals surface area contributed by atoms with E-state index in [9.17, 15) is 8.42 Å². The second kappa shape index (κ2) is 6.00. The molecule has 108 valence electrons. The maximum absolute atomic E-state index is 12.0. The summed E-state index contributed by atoms with van der Waals surface area (Å²) in [4.78, 5) is 0. The van der Waals surface area contributed by atoms with Crippen molar-refractivity contribution in [3.8, 4) is 11.4 Å². The van der Waals surface area contributed by atoms with E-state index in [1.807, 2.05) is 6.92 Å². The van der Waals surface area contributed by atoms with E-state index >= 15 is 0 Å². The van der Waals surface area contributed by atoms with Crippen molar-refractivity contribution in [2.24, 2.45) is 0 Å². The van der Waals surface area contributed by atoms with Gasteiger partial charge in [0.1, 0.15) is 12.1 Å². The topological polar surface area (TPSA) is 87.0 Å². The average molecular weight is 296 g/mol. The molecule has 0 bridgehead atoms. The Hall–Kier alpha value is -1.96. The first-order valence-corrected chi connectivity index (χ1v) is 7.77. The number of benzene rings is 1. The van der Waals surface area contributed by atoms with Gasteiger partial charge in [-0.05, 0) is 35.9 Å². The quantitative estimate of drug-likeness (QED) is 0.752. The maximum Gasteiger partial charge on any atom is 0.311 e. The molecule has 0 aliphatic rings. The van der Waals surface area contributed by atoms with Crippen LogP contribution in [0.1, 0.15) is 26.7 Å². The van der Waals surface area contributed by atoms with Gasteiger partial charge in [0.25, 0.3) is 0 Å². The molecule has 2 rings (SSSR count). The third kappa shape index (κ3) is 3.32. The maximum atomic E-state index is 12.0. The van der Waals surface area contributed by atoms with Crippen LogP contribution in [0, 0.1) is 0 Å². The van der Waals surface area contributed by atoms with Gasteiger partial charge in [-0.25, -0.2) is 4.68 Å². The smallest absolute Gasteiger partial charge is 0.311 e. The van der Waals surface area contributed by atoms with Crippen molar-refractivity contribution in [1.82, 2.24) is 20.2 Å². The van der Waals surface area contributed by atoms with Crippen LogP contribution in [0.25, 0.3) is 5.69 Å². The highest BCUT2D eigenvalue weighted by molar-refractivity contribution is 7.87. The second-order valence-electron chi connectivity index (χ2n) is 4.43. The van der Waals surface area contributed by atoms with Crippen molar-refractivity contribution >= 4 is 10.1 Å². The molecule has 7 nitrogen and oxygen atoms in total. The molecular weight excluding hydrogens is 280 g/mol. The zero-order valence-electron chi connectivity index (χ0n) is 11.3. The van der Waals surface area contributed by atoms with Crippen LogP contribution in [0.4, 0.5) is 0 Å². The van der Waals surface area contributed by atoms with E-state index in [0.29, 0.717) is 12.1 Å². The van der Waals surface area contributed by atoms with E-state index in [0.717, 1.165) is 6.42 Å². The monoisotopic (exact) mass is 296 g/mol. The number of rotatable bonds is 6. The van der Waals surface area contributed by atoms with Gasteiger partial charge in [0.15, 0.2) is 0 Å². The Bertz CT molecular complexity index is 655. The van der Waals surface area contributed by atoms with Crippen LogP contribution in [0.5, 0.6) is 5.75 Å². The molecule has 8 heteroatoms. The molecule has 0 spiro atoms. The zero-order valence-corrected chi connectivity index (χ0v) is 12.1. The molecule has 0 saturated heterocycles. The third-order valence-electron chi connectivity index (χ3n) is 2.83. The minimum absolute atomic E-state index is 0.251. The summed E-state index contributed by atoms with van der Waals surface area (Å²) in [6.07, 6.45) is 2.77. The summed E-state index contributed by atoms with van der Waals surface area (Å²) in [5.74, 6) is 0.251. The molecule has 1 heterocycles. The standard InChI is InChI=1S/C12H16N4O3S/c1-3-5-10(2)20(17,18)19-12-7-4-6-11(8-12)16-9-13-14-15-16/h4,6-10H,3,5H2,1-2H3. The van der Waals surface area contributed by atoms with Crippen LogP contribution in [0.3, 0.4) is 0 Å². The minimum atomic E-state index is -3.62. The van der Waals surface area contributed by atoms with Crippen LogP contribution in [-0.4, -0.2) is 33.9 Å².